The Hall–Kier alpha value is -2.74. The van der Waals surface area contributed by atoms with Gasteiger partial charge >= 0.3 is 0 Å². The fraction of sp³-hybridized carbons (Fsp3) is 0.622. The van der Waals surface area contributed by atoms with Crippen molar-refractivity contribution >= 4 is 16.0 Å². The first-order chi connectivity index (χ1) is 25.3. The average molecular weight is 742 g/mol. The van der Waals surface area contributed by atoms with Gasteiger partial charge in [-0.1, -0.05) is 169 Å². The number of amides is 1. The lowest BCUT2D eigenvalue weighted by molar-refractivity contribution is -0.122. The third kappa shape index (κ3) is 38.5. The number of allylic oxidation sites excluding steroid dienone is 15. The lowest BCUT2D eigenvalue weighted by Crippen LogP contribution is -2.46. The number of rotatable bonds is 35. The van der Waals surface area contributed by atoms with Gasteiger partial charge in [-0.3, -0.25) is 9.35 Å². The summed E-state index contributed by atoms with van der Waals surface area (Å²) in [4.78, 5) is 12.5. The Balaban J connectivity index is 4.11. The SMILES string of the molecule is CC/C=C\C/C=C\C/C=C\C/C=C\C/C=C\C/C=C\CCCCC(=O)NC(CS(=O)(=O)O)C(O)/C=C/CC/C=C/CCCCCCCCCCCC. The van der Waals surface area contributed by atoms with Crippen LogP contribution in [0.1, 0.15) is 162 Å². The Labute approximate surface area is 319 Å². The first-order valence-electron chi connectivity index (χ1n) is 20.4. The summed E-state index contributed by atoms with van der Waals surface area (Å²) in [5.74, 6) is -1.07. The van der Waals surface area contributed by atoms with Gasteiger partial charge < -0.3 is 10.4 Å². The molecule has 52 heavy (non-hydrogen) atoms. The van der Waals surface area contributed by atoms with Crippen molar-refractivity contribution in [1.29, 1.82) is 0 Å². The molecular formula is C45H75NO5S. The maximum atomic E-state index is 12.5. The number of hydrogen-bond acceptors (Lipinski definition) is 4. The summed E-state index contributed by atoms with van der Waals surface area (Å²) in [6.07, 6.45) is 56.8. The van der Waals surface area contributed by atoms with E-state index in [4.69, 9.17) is 0 Å². The lowest BCUT2D eigenvalue weighted by Gasteiger charge is -2.21. The van der Waals surface area contributed by atoms with Crippen molar-refractivity contribution in [2.75, 3.05) is 5.75 Å². The Bertz CT molecular complexity index is 1180. The molecule has 2 atom stereocenters. The summed E-state index contributed by atoms with van der Waals surface area (Å²) >= 11 is 0. The molecule has 3 N–H and O–H groups in total. The zero-order valence-corrected chi connectivity index (χ0v) is 33.7. The van der Waals surface area contributed by atoms with E-state index < -0.39 is 28.0 Å². The maximum absolute atomic E-state index is 12.5. The molecular weight excluding hydrogens is 667 g/mol. The number of nitrogens with one attached hydrogen (secondary N) is 1. The zero-order chi connectivity index (χ0) is 38.2. The molecule has 7 heteroatoms. The first-order valence-corrected chi connectivity index (χ1v) is 22.0. The molecule has 0 saturated carbocycles. The van der Waals surface area contributed by atoms with Crippen LogP contribution in [-0.4, -0.2) is 41.9 Å². The average Bonchev–Trinajstić information content (AvgIpc) is 3.11. The van der Waals surface area contributed by atoms with Crippen LogP contribution < -0.4 is 5.32 Å². The van der Waals surface area contributed by atoms with E-state index in [0.29, 0.717) is 12.8 Å². The molecule has 0 aliphatic heterocycles. The molecule has 0 heterocycles. The van der Waals surface area contributed by atoms with Crippen molar-refractivity contribution in [3.63, 3.8) is 0 Å². The molecule has 6 nitrogen and oxygen atoms in total. The van der Waals surface area contributed by atoms with E-state index >= 15 is 0 Å². The number of aliphatic hydroxyl groups is 1. The zero-order valence-electron chi connectivity index (χ0n) is 32.9. The van der Waals surface area contributed by atoms with Crippen LogP contribution in [0.15, 0.2) is 97.2 Å². The van der Waals surface area contributed by atoms with Crippen LogP contribution in [0.25, 0.3) is 0 Å². The predicted octanol–water partition coefficient (Wildman–Crippen LogP) is 12.2. The standard InChI is InChI=1S/C45H75NO5S/c1-3-5-7-9-11-13-15-17-19-21-22-23-24-25-27-29-31-33-35-37-39-41-45(48)46-43(42-52(49,50)51)44(47)40-38-36-34-32-30-28-26-20-18-16-14-12-10-8-6-4-2/h5,7,11,13,17,19,22-23,25,27,30-33,38,40,43-44,47H,3-4,6,8-10,12,14-16,18,20-21,24,26,28-29,34-37,39,41-42H2,1-2H3,(H,46,48)(H,49,50,51)/b7-5-,13-11-,19-17-,23-22-,27-25-,32-30+,33-31-,40-38+. The molecule has 0 saturated heterocycles. The van der Waals surface area contributed by atoms with Gasteiger partial charge in [-0.15, -0.1) is 0 Å². The van der Waals surface area contributed by atoms with Gasteiger partial charge in [0.15, 0.2) is 0 Å². The van der Waals surface area contributed by atoms with Gasteiger partial charge in [0.25, 0.3) is 10.1 Å². The van der Waals surface area contributed by atoms with Crippen LogP contribution in [0.4, 0.5) is 0 Å². The van der Waals surface area contributed by atoms with E-state index in [9.17, 15) is 22.9 Å². The number of carbonyl (C=O) groups is 1. The number of hydrogen-bond donors (Lipinski definition) is 3. The second-order valence-corrected chi connectivity index (χ2v) is 15.0. The highest BCUT2D eigenvalue weighted by Gasteiger charge is 2.24. The van der Waals surface area contributed by atoms with Crippen molar-refractivity contribution < 1.29 is 22.9 Å². The summed E-state index contributed by atoms with van der Waals surface area (Å²) in [6.45, 7) is 4.40. The lowest BCUT2D eigenvalue weighted by atomic mass is 10.1. The van der Waals surface area contributed by atoms with Gasteiger partial charge in [0.05, 0.1) is 17.9 Å². The molecule has 0 aromatic heterocycles. The second kappa shape index (κ2) is 38.0. The molecule has 0 aromatic carbocycles. The van der Waals surface area contributed by atoms with Crippen LogP contribution >= 0.6 is 0 Å². The highest BCUT2D eigenvalue weighted by molar-refractivity contribution is 7.85. The summed E-state index contributed by atoms with van der Waals surface area (Å²) in [6, 6.07) is -1.10. The van der Waals surface area contributed by atoms with Crippen LogP contribution in [0.5, 0.6) is 0 Å². The van der Waals surface area contributed by atoms with E-state index in [2.05, 4.69) is 104 Å². The van der Waals surface area contributed by atoms with Crippen LogP contribution in [0, 0.1) is 0 Å². The maximum Gasteiger partial charge on any atom is 0.267 e. The molecule has 0 aromatic rings. The largest absolute Gasteiger partial charge is 0.387 e. The van der Waals surface area contributed by atoms with Crippen molar-refractivity contribution in [3.8, 4) is 0 Å². The Kier molecular flexibility index (Phi) is 36.0. The van der Waals surface area contributed by atoms with E-state index in [1.807, 2.05) is 0 Å². The van der Waals surface area contributed by atoms with Crippen molar-refractivity contribution in [3.05, 3.63) is 97.2 Å². The number of aliphatic hydroxyl groups excluding tert-OH is 1. The quantitative estimate of drug-likeness (QED) is 0.0341. The molecule has 0 radical (unpaired) electrons. The molecule has 0 aliphatic rings. The molecule has 0 spiro atoms. The van der Waals surface area contributed by atoms with Gasteiger partial charge in [-0.25, -0.2) is 0 Å². The smallest absolute Gasteiger partial charge is 0.267 e. The van der Waals surface area contributed by atoms with E-state index in [-0.39, 0.29) is 12.3 Å². The molecule has 2 unspecified atom stereocenters. The Morgan fingerprint density at radius 3 is 1.44 bits per heavy atom. The second-order valence-electron chi connectivity index (χ2n) is 13.5. The monoisotopic (exact) mass is 742 g/mol. The third-order valence-corrected chi connectivity index (χ3v) is 9.27. The van der Waals surface area contributed by atoms with Gasteiger partial charge in [-0.05, 0) is 83.5 Å². The minimum Gasteiger partial charge on any atom is -0.387 e. The normalized spacial score (nSPS) is 14.3. The fourth-order valence-electron chi connectivity index (χ4n) is 5.47. The van der Waals surface area contributed by atoms with Gasteiger partial charge in [0.2, 0.25) is 5.91 Å². The summed E-state index contributed by atoms with van der Waals surface area (Å²) in [5, 5.41) is 13.2. The molecule has 0 fully saturated rings. The minimum atomic E-state index is -4.37. The molecule has 1 amide bonds. The molecule has 0 bridgehead atoms. The van der Waals surface area contributed by atoms with E-state index in [0.717, 1.165) is 64.2 Å². The number of carbonyl (C=O) groups excluding carboxylic acids is 1. The van der Waals surface area contributed by atoms with Crippen molar-refractivity contribution in [2.45, 2.75) is 174 Å². The van der Waals surface area contributed by atoms with Crippen LogP contribution in [0.3, 0.4) is 0 Å². The van der Waals surface area contributed by atoms with Gasteiger partial charge in [0.1, 0.15) is 0 Å². The van der Waals surface area contributed by atoms with Crippen LogP contribution in [-0.2, 0) is 14.9 Å². The Morgan fingerprint density at radius 1 is 0.538 bits per heavy atom. The van der Waals surface area contributed by atoms with Crippen molar-refractivity contribution in [1.82, 2.24) is 5.32 Å². The first kappa shape index (κ1) is 49.3. The van der Waals surface area contributed by atoms with E-state index in [1.54, 1.807) is 6.08 Å². The third-order valence-electron chi connectivity index (χ3n) is 8.49. The molecule has 296 valence electrons. The van der Waals surface area contributed by atoms with E-state index in [1.165, 1.54) is 70.3 Å². The predicted molar refractivity (Wildman–Crippen MR) is 225 cm³/mol. The Morgan fingerprint density at radius 2 is 0.942 bits per heavy atom. The highest BCUT2D eigenvalue weighted by atomic mass is 32.2. The summed E-state index contributed by atoms with van der Waals surface area (Å²) in [5.41, 5.74) is 0. The summed E-state index contributed by atoms with van der Waals surface area (Å²) < 4.78 is 32.5. The fourth-order valence-corrected chi connectivity index (χ4v) is 6.20. The summed E-state index contributed by atoms with van der Waals surface area (Å²) in [7, 11) is -4.37. The van der Waals surface area contributed by atoms with Crippen LogP contribution in [0.2, 0.25) is 0 Å². The molecule has 0 rings (SSSR count). The van der Waals surface area contributed by atoms with Gasteiger partial charge in [-0.2, -0.15) is 8.42 Å². The van der Waals surface area contributed by atoms with Crippen molar-refractivity contribution in [2.24, 2.45) is 0 Å². The minimum absolute atomic E-state index is 0.227. The van der Waals surface area contributed by atoms with Gasteiger partial charge in [0, 0.05) is 6.42 Å². The number of unbranched alkanes of at least 4 members (excludes halogenated alkanes) is 13. The highest BCUT2D eigenvalue weighted by Crippen LogP contribution is 2.12. The topological polar surface area (TPSA) is 104 Å². The molecule has 0 aliphatic carbocycles.